The third-order valence-electron chi connectivity index (χ3n) is 3.32. The lowest BCUT2D eigenvalue weighted by atomic mass is 10.1. The number of hydrogen-bond donors (Lipinski definition) is 1. The van der Waals surface area contributed by atoms with Gasteiger partial charge in [-0.05, 0) is 58.6 Å². The molecule has 0 saturated carbocycles. The number of benzene rings is 1. The van der Waals surface area contributed by atoms with Crippen molar-refractivity contribution in [3.63, 3.8) is 0 Å². The second-order valence-electron chi connectivity index (χ2n) is 5.79. The number of hydrogen-bond acceptors (Lipinski definition) is 3. The second kappa shape index (κ2) is 7.97. The van der Waals surface area contributed by atoms with Crippen molar-refractivity contribution in [2.24, 2.45) is 5.92 Å². The van der Waals surface area contributed by atoms with Gasteiger partial charge in [0.25, 0.3) is 0 Å². The van der Waals surface area contributed by atoms with E-state index < -0.39 is 0 Å². The molecule has 2 aromatic rings. The first-order valence-electron chi connectivity index (χ1n) is 7.27. The van der Waals surface area contributed by atoms with E-state index in [9.17, 15) is 0 Å². The Labute approximate surface area is 140 Å². The number of nitrogens with zero attached hydrogens (tertiary/aromatic N) is 1. The highest BCUT2D eigenvalue weighted by Crippen LogP contribution is 2.25. The Hall–Kier alpha value is -0.840. The van der Waals surface area contributed by atoms with E-state index in [1.54, 1.807) is 11.3 Å². The molecule has 0 fully saturated rings. The molecule has 0 aliphatic rings. The summed E-state index contributed by atoms with van der Waals surface area (Å²) in [5.41, 5.74) is 4.00. The van der Waals surface area contributed by atoms with Gasteiger partial charge >= 0.3 is 0 Å². The van der Waals surface area contributed by atoms with Crippen molar-refractivity contribution in [2.75, 3.05) is 18.5 Å². The third kappa shape index (κ3) is 5.13. The van der Waals surface area contributed by atoms with Crippen LogP contribution >= 0.6 is 27.3 Å². The predicted molar refractivity (Wildman–Crippen MR) is 97.1 cm³/mol. The largest absolute Gasteiger partial charge is 0.370 e. The molecule has 2 nitrogen and oxygen atoms in total. The van der Waals surface area contributed by atoms with Crippen LogP contribution in [0.3, 0.4) is 0 Å². The van der Waals surface area contributed by atoms with E-state index >= 15 is 0 Å². The van der Waals surface area contributed by atoms with E-state index in [0.717, 1.165) is 24.1 Å². The molecule has 0 unspecified atom stereocenters. The van der Waals surface area contributed by atoms with E-state index in [0.29, 0.717) is 5.92 Å². The molecule has 1 aromatic carbocycles. The topological polar surface area (TPSA) is 15.3 Å². The molecule has 0 aliphatic carbocycles. The van der Waals surface area contributed by atoms with Gasteiger partial charge in [0, 0.05) is 30.3 Å². The van der Waals surface area contributed by atoms with Crippen LogP contribution < -0.4 is 10.2 Å². The van der Waals surface area contributed by atoms with Gasteiger partial charge in [0.05, 0.1) is 0 Å². The molecule has 0 atom stereocenters. The summed E-state index contributed by atoms with van der Waals surface area (Å²) in [4.78, 5) is 2.32. The Bertz CT molecular complexity index is 552. The van der Waals surface area contributed by atoms with Gasteiger partial charge in [0.1, 0.15) is 0 Å². The van der Waals surface area contributed by atoms with Gasteiger partial charge in [-0.3, -0.25) is 0 Å². The normalized spacial score (nSPS) is 11.1. The summed E-state index contributed by atoms with van der Waals surface area (Å²) in [7, 11) is 2.16. The highest BCUT2D eigenvalue weighted by Gasteiger charge is 2.09. The highest BCUT2D eigenvalue weighted by atomic mass is 79.9. The fourth-order valence-electron chi connectivity index (χ4n) is 2.31. The fourth-order valence-corrected chi connectivity index (χ4v) is 3.37. The molecule has 0 radical (unpaired) electrons. The molecule has 1 heterocycles. The minimum Gasteiger partial charge on any atom is -0.370 e. The van der Waals surface area contributed by atoms with E-state index in [1.165, 1.54) is 16.8 Å². The van der Waals surface area contributed by atoms with Gasteiger partial charge in [-0.2, -0.15) is 11.3 Å². The van der Waals surface area contributed by atoms with Gasteiger partial charge in [-0.25, -0.2) is 0 Å². The molecule has 2 rings (SSSR count). The van der Waals surface area contributed by atoms with Crippen molar-refractivity contribution < 1.29 is 0 Å². The molecule has 0 spiro atoms. The minimum absolute atomic E-state index is 0.670. The maximum Gasteiger partial charge on any atom is 0.0434 e. The van der Waals surface area contributed by atoms with Crippen LogP contribution in [0.15, 0.2) is 39.5 Å². The molecule has 0 aliphatic heterocycles. The zero-order chi connectivity index (χ0) is 15.2. The molecule has 0 amide bonds. The Kier molecular flexibility index (Phi) is 6.27. The quantitative estimate of drug-likeness (QED) is 0.749. The predicted octanol–water partition coefficient (Wildman–Crippen LogP) is 4.89. The number of thiophene rings is 1. The van der Waals surface area contributed by atoms with Crippen LogP contribution in [0.25, 0.3) is 0 Å². The minimum atomic E-state index is 0.670. The van der Waals surface area contributed by atoms with Crippen LogP contribution in [0.1, 0.15) is 25.0 Å². The molecule has 0 bridgehead atoms. The van der Waals surface area contributed by atoms with Crippen molar-refractivity contribution >= 4 is 33.0 Å². The Balaban J connectivity index is 2.09. The molecule has 0 saturated heterocycles. The number of halogens is 1. The monoisotopic (exact) mass is 366 g/mol. The van der Waals surface area contributed by atoms with Crippen LogP contribution in [0, 0.1) is 5.92 Å². The van der Waals surface area contributed by atoms with Gasteiger partial charge in [-0.15, -0.1) is 0 Å². The van der Waals surface area contributed by atoms with E-state index in [4.69, 9.17) is 0 Å². The summed E-state index contributed by atoms with van der Waals surface area (Å²) in [5.74, 6) is 0.670. The maximum absolute atomic E-state index is 3.58. The lowest BCUT2D eigenvalue weighted by Gasteiger charge is -2.23. The van der Waals surface area contributed by atoms with E-state index in [-0.39, 0.29) is 0 Å². The maximum atomic E-state index is 3.58. The van der Waals surface area contributed by atoms with Gasteiger partial charge in [-0.1, -0.05) is 29.8 Å². The molecule has 21 heavy (non-hydrogen) atoms. The van der Waals surface area contributed by atoms with Crippen molar-refractivity contribution in [3.8, 4) is 0 Å². The number of anilines is 1. The van der Waals surface area contributed by atoms with Crippen LogP contribution in [0.2, 0.25) is 0 Å². The van der Waals surface area contributed by atoms with E-state index in [2.05, 4.69) is 82.1 Å². The van der Waals surface area contributed by atoms with E-state index in [1.807, 2.05) is 0 Å². The average molecular weight is 367 g/mol. The lowest BCUT2D eigenvalue weighted by Crippen LogP contribution is -2.22. The van der Waals surface area contributed by atoms with Crippen molar-refractivity contribution in [1.82, 2.24) is 5.32 Å². The third-order valence-corrected chi connectivity index (χ3v) is 4.55. The van der Waals surface area contributed by atoms with Crippen molar-refractivity contribution in [2.45, 2.75) is 26.9 Å². The first-order valence-corrected chi connectivity index (χ1v) is 9.01. The zero-order valence-corrected chi connectivity index (χ0v) is 15.3. The second-order valence-corrected chi connectivity index (χ2v) is 7.48. The summed E-state index contributed by atoms with van der Waals surface area (Å²) in [6.45, 7) is 7.36. The zero-order valence-electron chi connectivity index (χ0n) is 12.9. The summed E-state index contributed by atoms with van der Waals surface area (Å²) in [6, 6.07) is 8.72. The van der Waals surface area contributed by atoms with Crippen molar-refractivity contribution in [3.05, 3.63) is 50.6 Å². The van der Waals surface area contributed by atoms with Gasteiger partial charge in [0.15, 0.2) is 0 Å². The standard InChI is InChI=1S/C17H23BrN2S/c1-13(2)9-19-10-15-8-16(18)4-5-17(15)20(3)11-14-6-7-21-12-14/h4-8,12-13,19H,9-11H2,1-3H3. The van der Waals surface area contributed by atoms with Crippen molar-refractivity contribution in [1.29, 1.82) is 0 Å². The fraction of sp³-hybridized carbons (Fsp3) is 0.412. The summed E-state index contributed by atoms with van der Waals surface area (Å²) in [6.07, 6.45) is 0. The van der Waals surface area contributed by atoms with Crippen LogP contribution in [-0.2, 0) is 13.1 Å². The summed E-state index contributed by atoms with van der Waals surface area (Å²) >= 11 is 5.34. The summed E-state index contributed by atoms with van der Waals surface area (Å²) in [5, 5.41) is 7.89. The summed E-state index contributed by atoms with van der Waals surface area (Å²) < 4.78 is 1.14. The first-order chi connectivity index (χ1) is 10.1. The Morgan fingerprint density at radius 3 is 2.76 bits per heavy atom. The molecular weight excluding hydrogens is 344 g/mol. The molecule has 1 aromatic heterocycles. The Morgan fingerprint density at radius 2 is 2.10 bits per heavy atom. The van der Waals surface area contributed by atoms with Crippen LogP contribution in [0.5, 0.6) is 0 Å². The average Bonchev–Trinajstić information content (AvgIpc) is 2.91. The van der Waals surface area contributed by atoms with Gasteiger partial charge < -0.3 is 10.2 Å². The Morgan fingerprint density at radius 1 is 1.29 bits per heavy atom. The molecule has 1 N–H and O–H groups in total. The first kappa shape index (κ1) is 16.5. The SMILES string of the molecule is CC(C)CNCc1cc(Br)ccc1N(C)Cc1ccsc1. The van der Waals surface area contributed by atoms with Crippen LogP contribution in [-0.4, -0.2) is 13.6 Å². The molecule has 114 valence electrons. The highest BCUT2D eigenvalue weighted by molar-refractivity contribution is 9.10. The smallest absolute Gasteiger partial charge is 0.0434 e. The van der Waals surface area contributed by atoms with Crippen LogP contribution in [0.4, 0.5) is 5.69 Å². The number of nitrogens with one attached hydrogen (secondary N) is 1. The lowest BCUT2D eigenvalue weighted by molar-refractivity contribution is 0.552. The van der Waals surface area contributed by atoms with Gasteiger partial charge in [0.2, 0.25) is 0 Å². The molecule has 4 heteroatoms. The number of rotatable bonds is 7. The molecular formula is C17H23BrN2S.